The first-order valence-corrected chi connectivity index (χ1v) is 6.80. The smallest absolute Gasteiger partial charge is 0.197 e. The minimum atomic E-state index is 0.395. The Morgan fingerprint density at radius 1 is 1.42 bits per heavy atom. The molecule has 2 aliphatic rings. The number of H-pyrrole nitrogens is 1. The monoisotopic (exact) mass is 272 g/mol. The fraction of sp³-hybridized carbons (Fsp3) is 0.357. The molecule has 1 aromatic rings. The number of nitrogens with zero attached hydrogens (tertiary/aromatic N) is 2. The van der Waals surface area contributed by atoms with E-state index < -0.39 is 0 Å². The maximum atomic E-state index is 5.10. The summed E-state index contributed by atoms with van der Waals surface area (Å²) in [6, 6.07) is 0. The predicted molar refractivity (Wildman–Crippen MR) is 78.5 cm³/mol. The lowest BCUT2D eigenvalue weighted by Gasteiger charge is -2.20. The highest BCUT2D eigenvalue weighted by molar-refractivity contribution is 7.71. The molecule has 2 aliphatic heterocycles. The normalized spacial score (nSPS) is 20.6. The zero-order valence-electron chi connectivity index (χ0n) is 11.0. The van der Waals surface area contributed by atoms with Gasteiger partial charge in [-0.3, -0.25) is 0 Å². The third kappa shape index (κ3) is 2.26. The van der Waals surface area contributed by atoms with Crippen molar-refractivity contribution in [3.63, 3.8) is 0 Å². The lowest BCUT2D eigenvalue weighted by Crippen LogP contribution is -2.29. The van der Waals surface area contributed by atoms with Gasteiger partial charge in [0.1, 0.15) is 5.84 Å². The molecule has 3 heterocycles. The Balaban J connectivity index is 1.88. The number of hydrogen-bond acceptors (Lipinski definition) is 4. The molecule has 0 amide bonds. The number of aliphatic imine (C=N–C) groups is 1. The predicted octanol–water partition coefficient (Wildman–Crippen LogP) is 2.72. The van der Waals surface area contributed by atoms with Gasteiger partial charge >= 0.3 is 0 Å². The number of rotatable bonds is 2. The summed E-state index contributed by atoms with van der Waals surface area (Å²) in [6.45, 7) is 4.07. The van der Waals surface area contributed by atoms with Crippen molar-refractivity contribution in [3.05, 3.63) is 45.8 Å². The van der Waals surface area contributed by atoms with E-state index in [-0.39, 0.29) is 0 Å². The molecule has 4 nitrogen and oxygen atoms in total. The lowest BCUT2D eigenvalue weighted by atomic mass is 9.89. The molecule has 0 radical (unpaired) electrons. The van der Waals surface area contributed by atoms with Crippen molar-refractivity contribution in [2.45, 2.75) is 26.7 Å². The summed E-state index contributed by atoms with van der Waals surface area (Å²) >= 11 is 5.10. The average Bonchev–Trinajstić information content (AvgIpc) is 2.77. The summed E-state index contributed by atoms with van der Waals surface area (Å²) < 4.78 is 0.554. The van der Waals surface area contributed by atoms with E-state index in [1.54, 1.807) is 0 Å². The van der Waals surface area contributed by atoms with Crippen molar-refractivity contribution in [1.29, 1.82) is 0 Å². The van der Waals surface area contributed by atoms with Gasteiger partial charge in [-0.05, 0) is 56.2 Å². The fourth-order valence-corrected chi connectivity index (χ4v) is 2.94. The number of amidine groups is 1. The molecule has 2 N–H and O–H groups in total. The molecule has 0 saturated carbocycles. The van der Waals surface area contributed by atoms with Gasteiger partial charge < -0.3 is 10.3 Å². The van der Waals surface area contributed by atoms with Crippen LogP contribution < -0.4 is 5.32 Å². The van der Waals surface area contributed by atoms with Crippen LogP contribution in [0.2, 0.25) is 0 Å². The molecule has 5 heteroatoms. The Kier molecular flexibility index (Phi) is 3.06. The molecule has 0 saturated heterocycles. The van der Waals surface area contributed by atoms with Crippen LogP contribution in [0.4, 0.5) is 0 Å². The van der Waals surface area contributed by atoms with Gasteiger partial charge in [-0.1, -0.05) is 6.08 Å². The van der Waals surface area contributed by atoms with E-state index in [2.05, 4.69) is 33.3 Å². The molecule has 1 aromatic heterocycles. The molecule has 98 valence electrons. The fourth-order valence-electron chi connectivity index (χ4n) is 2.65. The van der Waals surface area contributed by atoms with Gasteiger partial charge in [-0.25, -0.2) is 9.98 Å². The molecule has 0 bridgehead atoms. The zero-order valence-corrected chi connectivity index (χ0v) is 11.8. The van der Waals surface area contributed by atoms with E-state index in [0.29, 0.717) is 10.7 Å². The van der Waals surface area contributed by atoms with Crippen molar-refractivity contribution in [3.8, 4) is 0 Å². The summed E-state index contributed by atoms with van der Waals surface area (Å²) in [5, 5.41) is 3.21. The van der Waals surface area contributed by atoms with Crippen LogP contribution in [0.5, 0.6) is 0 Å². The highest BCUT2D eigenvalue weighted by Gasteiger charge is 2.26. The van der Waals surface area contributed by atoms with Gasteiger partial charge in [-0.2, -0.15) is 0 Å². The molecule has 0 fully saturated rings. The third-order valence-corrected chi connectivity index (χ3v) is 3.90. The van der Waals surface area contributed by atoms with E-state index in [9.17, 15) is 0 Å². The van der Waals surface area contributed by atoms with Crippen LogP contribution in [0, 0.1) is 24.5 Å². The maximum absolute atomic E-state index is 5.10. The van der Waals surface area contributed by atoms with Gasteiger partial charge in [0.05, 0.1) is 0 Å². The van der Waals surface area contributed by atoms with E-state index in [1.807, 2.05) is 19.3 Å². The summed E-state index contributed by atoms with van der Waals surface area (Å²) in [6.07, 6.45) is 8.00. The van der Waals surface area contributed by atoms with E-state index in [0.717, 1.165) is 30.1 Å². The first-order chi connectivity index (χ1) is 9.15. The summed E-state index contributed by atoms with van der Waals surface area (Å²) in [7, 11) is 0. The number of nitrogens with one attached hydrogen (secondary N) is 2. The second-order valence-corrected chi connectivity index (χ2v) is 5.35. The molecular weight excluding hydrogens is 256 g/mol. The van der Waals surface area contributed by atoms with Crippen molar-refractivity contribution in [2.75, 3.05) is 0 Å². The van der Waals surface area contributed by atoms with Gasteiger partial charge in [0, 0.05) is 23.5 Å². The topological polar surface area (TPSA) is 53.1 Å². The quantitative estimate of drug-likeness (QED) is 0.814. The largest absolute Gasteiger partial charge is 0.350 e. The maximum Gasteiger partial charge on any atom is 0.197 e. The van der Waals surface area contributed by atoms with E-state index >= 15 is 0 Å². The summed E-state index contributed by atoms with van der Waals surface area (Å²) in [5.41, 5.74) is 4.68. The molecule has 0 aromatic carbocycles. The number of aromatic amines is 1. The number of hydrogen-bond donors (Lipinski definition) is 2. The Labute approximate surface area is 117 Å². The molecule has 3 rings (SSSR count). The van der Waals surface area contributed by atoms with Crippen LogP contribution in [-0.4, -0.2) is 15.8 Å². The van der Waals surface area contributed by atoms with Crippen LogP contribution in [0.15, 0.2) is 29.0 Å². The molecule has 1 atom stereocenters. The molecule has 1 unspecified atom stereocenters. The summed E-state index contributed by atoms with van der Waals surface area (Å²) in [4.78, 5) is 11.9. The molecule has 0 aliphatic carbocycles. The summed E-state index contributed by atoms with van der Waals surface area (Å²) in [5.74, 6) is 1.46. The molecule has 19 heavy (non-hydrogen) atoms. The Hall–Kier alpha value is -1.75. The van der Waals surface area contributed by atoms with E-state index in [4.69, 9.17) is 12.2 Å². The van der Waals surface area contributed by atoms with Gasteiger partial charge in [0.25, 0.3) is 0 Å². The standard InChI is InChI=1S/C14H16N4S/c1-8-12(9(2)18-14(19)17-8)6-10-7-16-13-11(10)4-3-5-15-13/h3,5,7,11H,4,6H2,1-2H3,(H,15,16)(H,17,18,19). The van der Waals surface area contributed by atoms with Crippen molar-refractivity contribution < 1.29 is 0 Å². The van der Waals surface area contributed by atoms with Crippen LogP contribution in [0.1, 0.15) is 23.4 Å². The minimum Gasteiger partial charge on any atom is -0.350 e. The average molecular weight is 272 g/mol. The number of aryl methyl sites for hydroxylation is 2. The lowest BCUT2D eigenvalue weighted by molar-refractivity contribution is 0.757. The van der Waals surface area contributed by atoms with Gasteiger partial charge in [0.2, 0.25) is 0 Å². The first kappa shape index (κ1) is 12.3. The van der Waals surface area contributed by atoms with E-state index in [1.165, 1.54) is 11.1 Å². The van der Waals surface area contributed by atoms with Crippen LogP contribution in [-0.2, 0) is 6.42 Å². The third-order valence-electron chi connectivity index (χ3n) is 3.70. The van der Waals surface area contributed by atoms with Crippen LogP contribution in [0.25, 0.3) is 0 Å². The Morgan fingerprint density at radius 3 is 3.05 bits per heavy atom. The van der Waals surface area contributed by atoms with Crippen LogP contribution >= 0.6 is 12.2 Å². The molecule has 0 spiro atoms. The second-order valence-electron chi connectivity index (χ2n) is 4.96. The SMILES string of the molecule is Cc1nc(=S)[nH]c(C)c1CC1=CN=C2NC=CCC12. The Bertz CT molecular complexity index is 640. The number of fused-ring (bicyclic) bond motifs is 1. The highest BCUT2D eigenvalue weighted by Crippen LogP contribution is 2.29. The van der Waals surface area contributed by atoms with Crippen molar-refractivity contribution in [1.82, 2.24) is 15.3 Å². The minimum absolute atomic E-state index is 0.395. The van der Waals surface area contributed by atoms with Crippen molar-refractivity contribution >= 4 is 18.1 Å². The van der Waals surface area contributed by atoms with Gasteiger partial charge in [0.15, 0.2) is 4.77 Å². The van der Waals surface area contributed by atoms with Crippen LogP contribution in [0.3, 0.4) is 0 Å². The first-order valence-electron chi connectivity index (χ1n) is 6.39. The Morgan fingerprint density at radius 2 is 2.26 bits per heavy atom. The number of allylic oxidation sites excluding steroid dienone is 1. The zero-order chi connectivity index (χ0) is 13.4. The van der Waals surface area contributed by atoms with Crippen molar-refractivity contribution in [2.24, 2.45) is 10.9 Å². The number of aromatic nitrogens is 2. The second kappa shape index (κ2) is 4.74. The molecular formula is C14H16N4S. The van der Waals surface area contributed by atoms with Gasteiger partial charge in [-0.15, -0.1) is 0 Å². The highest BCUT2D eigenvalue weighted by atomic mass is 32.1.